The highest BCUT2D eigenvalue weighted by molar-refractivity contribution is 7.10. The third-order valence-corrected chi connectivity index (χ3v) is 3.92. The molecule has 0 saturated heterocycles. The fourth-order valence-corrected chi connectivity index (χ4v) is 2.93. The molecule has 21 heavy (non-hydrogen) atoms. The summed E-state index contributed by atoms with van der Waals surface area (Å²) in [4.78, 5) is 3.53. The van der Waals surface area contributed by atoms with Gasteiger partial charge in [-0.2, -0.15) is 0 Å². The Balaban J connectivity index is 1.91. The monoisotopic (exact) mass is 301 g/mol. The largest absolute Gasteiger partial charge is 0.497 e. The van der Waals surface area contributed by atoms with Gasteiger partial charge in [-0.1, -0.05) is 24.0 Å². The standard InChI is InChI=1S/C17H19NO2S/c1-18(11-14-5-7-16(20-2)8-6-14)12-17-10-15(13-21-17)4-3-9-19/h5-8,10,13,19H,9,11-12H2,1-2H3. The van der Waals surface area contributed by atoms with Crippen molar-refractivity contribution >= 4 is 11.3 Å². The fraction of sp³-hybridized carbons (Fsp3) is 0.294. The Labute approximate surface area is 129 Å². The van der Waals surface area contributed by atoms with E-state index in [-0.39, 0.29) is 6.61 Å². The molecule has 0 bridgehead atoms. The molecule has 0 unspecified atom stereocenters. The molecule has 0 aliphatic heterocycles. The Morgan fingerprint density at radius 3 is 2.67 bits per heavy atom. The third-order valence-electron chi connectivity index (χ3n) is 3.00. The Bertz CT molecular complexity index is 622. The first-order valence-corrected chi connectivity index (χ1v) is 7.58. The molecule has 0 atom stereocenters. The summed E-state index contributed by atoms with van der Waals surface area (Å²) in [5, 5.41) is 10.7. The van der Waals surface area contributed by atoms with Crippen LogP contribution in [0.5, 0.6) is 5.75 Å². The molecule has 0 aliphatic carbocycles. The number of aliphatic hydroxyl groups excluding tert-OH is 1. The van der Waals surface area contributed by atoms with E-state index < -0.39 is 0 Å². The van der Waals surface area contributed by atoms with Gasteiger partial charge in [0, 0.05) is 28.9 Å². The second-order valence-corrected chi connectivity index (χ2v) is 5.78. The van der Waals surface area contributed by atoms with E-state index in [9.17, 15) is 0 Å². The van der Waals surface area contributed by atoms with Crippen molar-refractivity contribution < 1.29 is 9.84 Å². The zero-order valence-electron chi connectivity index (χ0n) is 12.3. The van der Waals surface area contributed by atoms with Crippen LogP contribution in [0.3, 0.4) is 0 Å². The zero-order chi connectivity index (χ0) is 15.1. The lowest BCUT2D eigenvalue weighted by Gasteiger charge is -2.15. The van der Waals surface area contributed by atoms with Crippen LogP contribution in [-0.2, 0) is 13.1 Å². The predicted molar refractivity (Wildman–Crippen MR) is 86.4 cm³/mol. The molecule has 110 valence electrons. The van der Waals surface area contributed by atoms with Crippen molar-refractivity contribution in [1.82, 2.24) is 4.90 Å². The van der Waals surface area contributed by atoms with Crippen molar-refractivity contribution in [3.63, 3.8) is 0 Å². The molecular formula is C17H19NO2S. The molecule has 2 aromatic rings. The van der Waals surface area contributed by atoms with E-state index in [1.165, 1.54) is 10.4 Å². The zero-order valence-corrected chi connectivity index (χ0v) is 13.1. The normalized spacial score (nSPS) is 10.3. The third kappa shape index (κ3) is 4.91. The minimum absolute atomic E-state index is 0.0947. The van der Waals surface area contributed by atoms with Crippen molar-refractivity contribution in [3.05, 3.63) is 51.7 Å². The number of thiophene rings is 1. The molecule has 0 amide bonds. The molecule has 0 radical (unpaired) electrons. The first-order valence-electron chi connectivity index (χ1n) is 6.70. The van der Waals surface area contributed by atoms with E-state index in [1.807, 2.05) is 17.5 Å². The van der Waals surface area contributed by atoms with Crippen molar-refractivity contribution in [2.45, 2.75) is 13.1 Å². The number of rotatable bonds is 5. The lowest BCUT2D eigenvalue weighted by Crippen LogP contribution is -2.16. The van der Waals surface area contributed by atoms with Gasteiger partial charge in [-0.05, 0) is 30.8 Å². The first kappa shape index (κ1) is 15.6. The van der Waals surface area contributed by atoms with Gasteiger partial charge in [0.1, 0.15) is 12.4 Å². The summed E-state index contributed by atoms with van der Waals surface area (Å²) in [7, 11) is 3.78. The van der Waals surface area contributed by atoms with E-state index in [4.69, 9.17) is 9.84 Å². The van der Waals surface area contributed by atoms with Gasteiger partial charge in [0.15, 0.2) is 0 Å². The Kier molecular flexibility index (Phi) is 5.82. The minimum atomic E-state index is -0.0947. The molecule has 4 heteroatoms. The molecule has 1 aromatic carbocycles. The summed E-state index contributed by atoms with van der Waals surface area (Å²) < 4.78 is 5.16. The molecule has 1 heterocycles. The van der Waals surface area contributed by atoms with Gasteiger partial charge in [-0.15, -0.1) is 11.3 Å². The first-order chi connectivity index (χ1) is 10.2. The van der Waals surface area contributed by atoms with Crippen LogP contribution in [0, 0.1) is 11.8 Å². The minimum Gasteiger partial charge on any atom is -0.497 e. The molecule has 1 N–H and O–H groups in total. The molecular weight excluding hydrogens is 282 g/mol. The van der Waals surface area contributed by atoms with Gasteiger partial charge in [0.2, 0.25) is 0 Å². The Hall–Kier alpha value is -1.80. The average Bonchev–Trinajstić information content (AvgIpc) is 2.93. The lowest BCUT2D eigenvalue weighted by molar-refractivity contribution is 0.321. The van der Waals surface area contributed by atoms with Gasteiger partial charge in [-0.3, -0.25) is 4.90 Å². The molecule has 2 rings (SSSR count). The van der Waals surface area contributed by atoms with Gasteiger partial charge >= 0.3 is 0 Å². The van der Waals surface area contributed by atoms with Crippen LogP contribution in [0.2, 0.25) is 0 Å². The van der Waals surface area contributed by atoms with Crippen LogP contribution in [0.15, 0.2) is 35.7 Å². The highest BCUT2D eigenvalue weighted by Crippen LogP contribution is 2.18. The van der Waals surface area contributed by atoms with E-state index >= 15 is 0 Å². The summed E-state index contributed by atoms with van der Waals surface area (Å²) in [5.41, 5.74) is 2.23. The van der Waals surface area contributed by atoms with E-state index in [2.05, 4.69) is 42.0 Å². The number of methoxy groups -OCH3 is 1. The van der Waals surface area contributed by atoms with E-state index in [0.717, 1.165) is 24.4 Å². The second kappa shape index (κ2) is 7.84. The van der Waals surface area contributed by atoms with Crippen molar-refractivity contribution in [1.29, 1.82) is 0 Å². The van der Waals surface area contributed by atoms with Crippen LogP contribution < -0.4 is 4.74 Å². The smallest absolute Gasteiger partial charge is 0.118 e. The summed E-state index contributed by atoms with van der Waals surface area (Å²) in [6, 6.07) is 10.2. The summed E-state index contributed by atoms with van der Waals surface area (Å²) in [6.07, 6.45) is 0. The summed E-state index contributed by atoms with van der Waals surface area (Å²) in [5.74, 6) is 6.48. The average molecular weight is 301 g/mol. The maximum absolute atomic E-state index is 8.69. The van der Waals surface area contributed by atoms with Gasteiger partial charge in [0.25, 0.3) is 0 Å². The van der Waals surface area contributed by atoms with Gasteiger partial charge in [-0.25, -0.2) is 0 Å². The lowest BCUT2D eigenvalue weighted by atomic mass is 10.2. The molecule has 3 nitrogen and oxygen atoms in total. The van der Waals surface area contributed by atoms with Crippen LogP contribution in [-0.4, -0.2) is 30.8 Å². The second-order valence-electron chi connectivity index (χ2n) is 4.78. The maximum Gasteiger partial charge on any atom is 0.118 e. The topological polar surface area (TPSA) is 32.7 Å². The number of hydrogen-bond acceptors (Lipinski definition) is 4. The predicted octanol–water partition coefficient (Wildman–Crippen LogP) is 2.73. The van der Waals surface area contributed by atoms with Crippen LogP contribution in [0.4, 0.5) is 0 Å². The summed E-state index contributed by atoms with van der Waals surface area (Å²) >= 11 is 1.70. The maximum atomic E-state index is 8.69. The number of ether oxygens (including phenoxy) is 1. The fourth-order valence-electron chi connectivity index (χ4n) is 2.04. The number of hydrogen-bond donors (Lipinski definition) is 1. The SMILES string of the molecule is COc1ccc(CN(C)Cc2cc(C#CCO)cs2)cc1. The van der Waals surface area contributed by atoms with Crippen molar-refractivity contribution in [3.8, 4) is 17.6 Å². The summed E-state index contributed by atoms with van der Waals surface area (Å²) in [6.45, 7) is 1.68. The van der Waals surface area contributed by atoms with Crippen LogP contribution in [0.25, 0.3) is 0 Å². The van der Waals surface area contributed by atoms with Gasteiger partial charge < -0.3 is 9.84 Å². The number of benzene rings is 1. The number of nitrogens with zero attached hydrogens (tertiary/aromatic N) is 1. The molecule has 1 aromatic heterocycles. The van der Waals surface area contributed by atoms with Gasteiger partial charge in [0.05, 0.1) is 7.11 Å². The molecule has 0 saturated carbocycles. The van der Waals surface area contributed by atoms with Crippen LogP contribution in [0.1, 0.15) is 16.0 Å². The Morgan fingerprint density at radius 2 is 2.00 bits per heavy atom. The highest BCUT2D eigenvalue weighted by Gasteiger charge is 2.04. The molecule has 0 aliphatic rings. The van der Waals surface area contributed by atoms with E-state index in [0.29, 0.717) is 0 Å². The molecule has 0 fully saturated rings. The highest BCUT2D eigenvalue weighted by atomic mass is 32.1. The quantitative estimate of drug-likeness (QED) is 0.862. The van der Waals surface area contributed by atoms with Crippen LogP contribution >= 0.6 is 11.3 Å². The van der Waals surface area contributed by atoms with E-state index in [1.54, 1.807) is 18.4 Å². The molecule has 0 spiro atoms. The Morgan fingerprint density at radius 1 is 1.24 bits per heavy atom. The van der Waals surface area contributed by atoms with Crippen molar-refractivity contribution in [2.75, 3.05) is 20.8 Å². The van der Waals surface area contributed by atoms with Crippen molar-refractivity contribution in [2.24, 2.45) is 0 Å². The number of aliphatic hydroxyl groups is 1.